The predicted molar refractivity (Wildman–Crippen MR) is 93.8 cm³/mol. The van der Waals surface area contributed by atoms with Gasteiger partial charge in [-0.25, -0.2) is 4.79 Å². The second-order valence-electron chi connectivity index (χ2n) is 6.82. The van der Waals surface area contributed by atoms with E-state index in [2.05, 4.69) is 10.2 Å². The Morgan fingerprint density at radius 3 is 2.88 bits per heavy atom. The number of ether oxygens (including phenoxy) is 1. The number of fused-ring (bicyclic) bond motifs is 1. The number of carboxylic acids is 1. The fraction of sp³-hybridized carbons (Fsp3) is 0.579. The second-order valence-corrected chi connectivity index (χ2v) is 6.82. The number of carbonyl (C=O) groups excluding carboxylic acids is 1. The number of rotatable bonds is 6. The number of piperidine rings is 2. The molecule has 0 bridgehead atoms. The van der Waals surface area contributed by atoms with Crippen molar-refractivity contribution in [3.8, 4) is 5.75 Å². The zero-order chi connectivity index (χ0) is 17.6. The van der Waals surface area contributed by atoms with Crippen LogP contribution in [0.4, 0.5) is 0 Å². The molecule has 0 aliphatic carbocycles. The topological polar surface area (TPSA) is 78.9 Å². The van der Waals surface area contributed by atoms with Crippen molar-refractivity contribution < 1.29 is 19.4 Å². The van der Waals surface area contributed by atoms with Crippen molar-refractivity contribution in [1.29, 1.82) is 0 Å². The lowest BCUT2D eigenvalue weighted by Crippen LogP contribution is -2.52. The number of aromatic carboxylic acids is 1. The van der Waals surface area contributed by atoms with Crippen LogP contribution >= 0.6 is 0 Å². The Hall–Kier alpha value is -2.08. The number of hydrogen-bond acceptors (Lipinski definition) is 4. The van der Waals surface area contributed by atoms with E-state index in [0.29, 0.717) is 24.9 Å². The van der Waals surface area contributed by atoms with E-state index in [1.54, 1.807) is 12.1 Å². The average molecular weight is 346 g/mol. The van der Waals surface area contributed by atoms with Crippen molar-refractivity contribution >= 4 is 11.9 Å². The van der Waals surface area contributed by atoms with Crippen LogP contribution in [0.1, 0.15) is 42.5 Å². The summed E-state index contributed by atoms with van der Waals surface area (Å²) < 4.78 is 5.55. The highest BCUT2D eigenvalue weighted by Crippen LogP contribution is 2.30. The molecule has 0 radical (unpaired) electrons. The van der Waals surface area contributed by atoms with Gasteiger partial charge in [-0.2, -0.15) is 0 Å². The predicted octanol–water partition coefficient (Wildman–Crippen LogP) is 2.14. The summed E-state index contributed by atoms with van der Waals surface area (Å²) in [5.41, 5.74) is 0.195. The van der Waals surface area contributed by atoms with Crippen molar-refractivity contribution in [2.45, 2.75) is 38.1 Å². The molecule has 2 aliphatic heterocycles. The molecule has 6 nitrogen and oxygen atoms in total. The number of nitrogens with one attached hydrogen (secondary N) is 1. The van der Waals surface area contributed by atoms with E-state index in [1.807, 2.05) is 0 Å². The molecular formula is C19H26N2O4. The van der Waals surface area contributed by atoms with E-state index in [0.717, 1.165) is 32.4 Å². The Morgan fingerprint density at radius 2 is 2.04 bits per heavy atom. The summed E-state index contributed by atoms with van der Waals surface area (Å²) in [5.74, 6) is -0.262. The lowest BCUT2D eigenvalue weighted by atomic mass is 9.83. The zero-order valence-corrected chi connectivity index (χ0v) is 14.4. The third-order valence-corrected chi connectivity index (χ3v) is 5.18. The molecule has 1 amide bonds. The maximum Gasteiger partial charge on any atom is 0.335 e. The molecule has 25 heavy (non-hydrogen) atoms. The van der Waals surface area contributed by atoms with E-state index in [9.17, 15) is 9.59 Å². The van der Waals surface area contributed by atoms with Crippen LogP contribution in [0.5, 0.6) is 5.75 Å². The average Bonchev–Trinajstić information content (AvgIpc) is 2.65. The van der Waals surface area contributed by atoms with Gasteiger partial charge >= 0.3 is 5.97 Å². The first-order chi connectivity index (χ1) is 12.1. The molecule has 0 spiro atoms. The van der Waals surface area contributed by atoms with Gasteiger partial charge in [0.1, 0.15) is 12.4 Å². The van der Waals surface area contributed by atoms with E-state index in [4.69, 9.17) is 9.84 Å². The Morgan fingerprint density at radius 1 is 1.20 bits per heavy atom. The van der Waals surface area contributed by atoms with Gasteiger partial charge in [0.15, 0.2) is 0 Å². The third-order valence-electron chi connectivity index (χ3n) is 5.18. The first kappa shape index (κ1) is 17.7. The lowest BCUT2D eigenvalue weighted by Gasteiger charge is -2.43. The molecule has 2 atom stereocenters. The summed E-state index contributed by atoms with van der Waals surface area (Å²) in [6.45, 7) is 3.00. The van der Waals surface area contributed by atoms with Crippen LogP contribution in [0, 0.1) is 5.92 Å². The largest absolute Gasteiger partial charge is 0.492 e. The normalized spacial score (nSPS) is 23.5. The lowest BCUT2D eigenvalue weighted by molar-refractivity contribution is -0.129. The standard InChI is InChI=1S/C19H26N2O4/c22-18(16-7-4-11-21-10-2-1-8-17(16)21)20-9-12-25-15-6-3-5-14(13-15)19(23)24/h3,5-6,13,16-17H,1-2,4,7-12H2,(H,20,22)(H,23,24)/t16-,17-/m1/s1. The molecule has 6 heteroatoms. The molecule has 2 N–H and O–H groups in total. The van der Waals surface area contributed by atoms with Crippen molar-refractivity contribution in [2.24, 2.45) is 5.92 Å². The zero-order valence-electron chi connectivity index (χ0n) is 14.4. The van der Waals surface area contributed by atoms with Gasteiger partial charge in [0.25, 0.3) is 0 Å². The SMILES string of the molecule is O=C(O)c1cccc(OCCNC(=O)[C@@H]2CCCN3CCCC[C@H]23)c1. The molecule has 136 valence electrons. The van der Waals surface area contributed by atoms with Crippen LogP contribution in [-0.2, 0) is 4.79 Å². The van der Waals surface area contributed by atoms with Crippen LogP contribution in [0.15, 0.2) is 24.3 Å². The van der Waals surface area contributed by atoms with Gasteiger partial charge in [-0.3, -0.25) is 9.69 Å². The van der Waals surface area contributed by atoms with Crippen molar-refractivity contribution in [3.05, 3.63) is 29.8 Å². The van der Waals surface area contributed by atoms with Crippen LogP contribution in [0.3, 0.4) is 0 Å². The highest BCUT2D eigenvalue weighted by Gasteiger charge is 2.36. The Balaban J connectivity index is 1.44. The summed E-state index contributed by atoms with van der Waals surface area (Å²) in [6, 6.07) is 6.78. The van der Waals surface area contributed by atoms with E-state index in [1.165, 1.54) is 25.0 Å². The minimum atomic E-state index is -0.979. The first-order valence-electron chi connectivity index (χ1n) is 9.13. The van der Waals surface area contributed by atoms with Crippen molar-refractivity contribution in [2.75, 3.05) is 26.2 Å². The van der Waals surface area contributed by atoms with Gasteiger partial charge < -0.3 is 15.2 Å². The van der Waals surface area contributed by atoms with E-state index >= 15 is 0 Å². The molecule has 2 saturated heterocycles. The maximum absolute atomic E-state index is 12.5. The van der Waals surface area contributed by atoms with E-state index in [-0.39, 0.29) is 17.4 Å². The quantitative estimate of drug-likeness (QED) is 0.772. The molecule has 0 saturated carbocycles. The monoisotopic (exact) mass is 346 g/mol. The molecule has 2 heterocycles. The number of benzene rings is 1. The Bertz CT molecular complexity index is 617. The number of carbonyl (C=O) groups is 2. The van der Waals surface area contributed by atoms with Gasteiger partial charge in [0.2, 0.25) is 5.91 Å². The van der Waals surface area contributed by atoms with Gasteiger partial charge in [-0.05, 0) is 57.0 Å². The maximum atomic E-state index is 12.5. The smallest absolute Gasteiger partial charge is 0.335 e. The van der Waals surface area contributed by atoms with Crippen LogP contribution in [-0.4, -0.2) is 54.2 Å². The first-order valence-corrected chi connectivity index (χ1v) is 9.13. The summed E-state index contributed by atoms with van der Waals surface area (Å²) in [4.78, 5) is 26.0. The minimum absolute atomic E-state index is 0.0874. The second kappa shape index (κ2) is 8.34. The summed E-state index contributed by atoms with van der Waals surface area (Å²) >= 11 is 0. The van der Waals surface area contributed by atoms with Crippen LogP contribution in [0.2, 0.25) is 0 Å². The third kappa shape index (κ3) is 4.51. The van der Waals surface area contributed by atoms with Crippen LogP contribution < -0.4 is 10.1 Å². The summed E-state index contributed by atoms with van der Waals surface area (Å²) in [6.07, 6.45) is 5.64. The number of amides is 1. The van der Waals surface area contributed by atoms with Crippen molar-refractivity contribution in [1.82, 2.24) is 10.2 Å². The Labute approximate surface area is 148 Å². The molecule has 0 aromatic heterocycles. The molecule has 2 aliphatic rings. The fourth-order valence-electron chi connectivity index (χ4n) is 3.96. The van der Waals surface area contributed by atoms with Crippen molar-refractivity contribution in [3.63, 3.8) is 0 Å². The fourth-order valence-corrected chi connectivity index (χ4v) is 3.96. The van der Waals surface area contributed by atoms with Gasteiger partial charge in [0, 0.05) is 6.04 Å². The van der Waals surface area contributed by atoms with Crippen LogP contribution in [0.25, 0.3) is 0 Å². The van der Waals surface area contributed by atoms with Gasteiger partial charge in [-0.1, -0.05) is 12.5 Å². The summed E-state index contributed by atoms with van der Waals surface area (Å²) in [7, 11) is 0. The molecular weight excluding hydrogens is 320 g/mol. The molecule has 1 aromatic rings. The van der Waals surface area contributed by atoms with E-state index < -0.39 is 5.97 Å². The molecule has 0 unspecified atom stereocenters. The Kier molecular flexibility index (Phi) is 5.91. The number of hydrogen-bond donors (Lipinski definition) is 2. The highest BCUT2D eigenvalue weighted by molar-refractivity contribution is 5.88. The number of carboxylic acid groups (broad SMARTS) is 1. The number of nitrogens with zero attached hydrogens (tertiary/aromatic N) is 1. The molecule has 3 rings (SSSR count). The molecule has 1 aromatic carbocycles. The minimum Gasteiger partial charge on any atom is -0.492 e. The highest BCUT2D eigenvalue weighted by atomic mass is 16.5. The summed E-state index contributed by atoms with van der Waals surface area (Å²) in [5, 5.41) is 12.0. The van der Waals surface area contributed by atoms with Gasteiger partial charge in [0.05, 0.1) is 18.0 Å². The van der Waals surface area contributed by atoms with Gasteiger partial charge in [-0.15, -0.1) is 0 Å². The molecule has 2 fully saturated rings.